The minimum Gasteiger partial charge on any atom is -0.489 e. The van der Waals surface area contributed by atoms with Crippen LogP contribution in [0.1, 0.15) is 44.2 Å². The Morgan fingerprint density at radius 2 is 2.08 bits per heavy atom. The molecule has 2 aromatic heterocycles. The minimum absolute atomic E-state index is 0.108. The van der Waals surface area contributed by atoms with Crippen molar-refractivity contribution in [2.75, 3.05) is 25.0 Å². The highest BCUT2D eigenvalue weighted by atomic mass is 19.1. The van der Waals surface area contributed by atoms with Gasteiger partial charge in [0.2, 0.25) is 11.9 Å². The van der Waals surface area contributed by atoms with E-state index in [9.17, 15) is 14.4 Å². The van der Waals surface area contributed by atoms with Crippen molar-refractivity contribution in [1.29, 1.82) is 5.26 Å². The predicted molar refractivity (Wildman–Crippen MR) is 131 cm³/mol. The van der Waals surface area contributed by atoms with Gasteiger partial charge in [0.05, 0.1) is 35.1 Å². The second-order valence-electron chi connectivity index (χ2n) is 9.62. The summed E-state index contributed by atoms with van der Waals surface area (Å²) in [4.78, 5) is 22.4. The van der Waals surface area contributed by atoms with E-state index >= 15 is 0 Å². The molecule has 1 aliphatic heterocycles. The fourth-order valence-corrected chi connectivity index (χ4v) is 4.39. The molecule has 9 nitrogen and oxygen atoms in total. The van der Waals surface area contributed by atoms with E-state index < -0.39 is 11.2 Å². The van der Waals surface area contributed by atoms with E-state index in [0.717, 1.165) is 50.0 Å². The predicted octanol–water partition coefficient (Wildman–Crippen LogP) is 4.40. The summed E-state index contributed by atoms with van der Waals surface area (Å²) in [6.45, 7) is 5.13. The summed E-state index contributed by atoms with van der Waals surface area (Å²) in [5.41, 5.74) is 2.31. The van der Waals surface area contributed by atoms with Crippen LogP contribution in [0, 0.1) is 29.5 Å². The van der Waals surface area contributed by atoms with Crippen LogP contribution < -0.4 is 10.1 Å². The Bertz CT molecular complexity index is 1320. The molecular formula is C26H28FN7O2. The van der Waals surface area contributed by atoms with Gasteiger partial charge in [0.1, 0.15) is 6.61 Å². The molecule has 1 aromatic carbocycles. The smallest absolute Gasteiger partial charge is 0.227 e. The Kier molecular flexibility index (Phi) is 6.31. The van der Waals surface area contributed by atoms with Crippen LogP contribution in [-0.4, -0.2) is 50.3 Å². The second-order valence-corrected chi connectivity index (χ2v) is 9.62. The number of aromatic nitrogens is 4. The topological polar surface area (TPSA) is 109 Å². The van der Waals surface area contributed by atoms with Gasteiger partial charge in [-0.05, 0) is 56.4 Å². The Labute approximate surface area is 208 Å². The maximum Gasteiger partial charge on any atom is 0.227 e. The molecule has 1 saturated carbocycles. The highest BCUT2D eigenvalue weighted by Crippen LogP contribution is 2.45. The first-order chi connectivity index (χ1) is 17.4. The number of hydrogen-bond donors (Lipinski definition) is 1. The SMILES string of the molecule is CC(=O)N1CCC(n2cc(Nc3ncc(C)c(-c4ccc(OCC5(C#N)CC5)c(F)c4)n3)cn2)CC1. The number of aryl methyl sites for hydroxylation is 1. The zero-order valence-corrected chi connectivity index (χ0v) is 20.4. The molecule has 0 bridgehead atoms. The number of nitriles is 1. The maximum absolute atomic E-state index is 14.8. The number of carbonyl (C=O) groups excluding carboxylic acids is 1. The first kappa shape index (κ1) is 23.7. The fraction of sp³-hybridized carbons (Fsp3) is 0.423. The van der Waals surface area contributed by atoms with Gasteiger partial charge in [-0.2, -0.15) is 10.4 Å². The average molecular weight is 490 g/mol. The summed E-state index contributed by atoms with van der Waals surface area (Å²) in [5.74, 6) is 0.126. The molecule has 1 N–H and O–H groups in total. The van der Waals surface area contributed by atoms with Crippen LogP contribution >= 0.6 is 0 Å². The first-order valence-electron chi connectivity index (χ1n) is 12.1. The summed E-state index contributed by atoms with van der Waals surface area (Å²) in [6, 6.07) is 7.21. The van der Waals surface area contributed by atoms with Crippen molar-refractivity contribution in [3.05, 3.63) is 48.2 Å². The van der Waals surface area contributed by atoms with Crippen molar-refractivity contribution >= 4 is 17.5 Å². The van der Waals surface area contributed by atoms with Crippen molar-refractivity contribution in [2.45, 2.75) is 45.6 Å². The minimum atomic E-state index is -0.495. The third-order valence-electron chi connectivity index (χ3n) is 6.91. The van der Waals surface area contributed by atoms with Gasteiger partial charge in [0.15, 0.2) is 11.6 Å². The lowest BCUT2D eigenvalue weighted by Gasteiger charge is -2.31. The number of carbonyl (C=O) groups is 1. The average Bonchev–Trinajstić information content (AvgIpc) is 3.52. The van der Waals surface area contributed by atoms with Crippen molar-refractivity contribution in [2.24, 2.45) is 5.41 Å². The molecule has 3 heterocycles. The Hall–Kier alpha value is -4.00. The van der Waals surface area contributed by atoms with E-state index in [1.54, 1.807) is 31.5 Å². The van der Waals surface area contributed by atoms with Gasteiger partial charge in [-0.1, -0.05) is 0 Å². The highest BCUT2D eigenvalue weighted by molar-refractivity contribution is 5.73. The summed E-state index contributed by atoms with van der Waals surface area (Å²) in [6.07, 6.45) is 8.62. The number of amides is 1. The van der Waals surface area contributed by atoms with E-state index in [0.29, 0.717) is 17.2 Å². The molecule has 1 amide bonds. The van der Waals surface area contributed by atoms with Gasteiger partial charge in [0, 0.05) is 38.0 Å². The lowest BCUT2D eigenvalue weighted by molar-refractivity contribution is -0.130. The number of ether oxygens (including phenoxy) is 1. The summed E-state index contributed by atoms with van der Waals surface area (Å²) >= 11 is 0. The van der Waals surface area contributed by atoms with Crippen LogP contribution in [-0.2, 0) is 4.79 Å². The number of nitrogens with zero attached hydrogens (tertiary/aromatic N) is 6. The molecule has 0 unspecified atom stereocenters. The quantitative estimate of drug-likeness (QED) is 0.524. The van der Waals surface area contributed by atoms with Crippen molar-refractivity contribution < 1.29 is 13.9 Å². The first-order valence-corrected chi connectivity index (χ1v) is 12.1. The molecule has 2 aliphatic rings. The fourth-order valence-electron chi connectivity index (χ4n) is 4.39. The van der Waals surface area contributed by atoms with Gasteiger partial charge >= 0.3 is 0 Å². The molecule has 10 heteroatoms. The number of benzene rings is 1. The largest absolute Gasteiger partial charge is 0.489 e. The summed E-state index contributed by atoms with van der Waals surface area (Å²) in [5, 5.41) is 16.9. The standard InChI is InChI=1S/C26H28FN7O2/c1-17-12-29-25(31-20-13-30-34(14-20)21-5-9-33(10-6-21)18(2)35)32-24(17)19-3-4-23(22(27)11-19)36-16-26(15-28)7-8-26/h3-4,11-14,21H,5-10,16H2,1-2H3,(H,29,31,32). The number of anilines is 2. The number of nitrogens with one attached hydrogen (secondary N) is 1. The Balaban J connectivity index is 1.27. The van der Waals surface area contributed by atoms with Crippen molar-refractivity contribution in [3.8, 4) is 23.1 Å². The second kappa shape index (κ2) is 9.57. The van der Waals surface area contributed by atoms with Crippen LogP contribution in [0.5, 0.6) is 5.75 Å². The highest BCUT2D eigenvalue weighted by Gasteiger charge is 2.44. The lowest BCUT2D eigenvalue weighted by Crippen LogP contribution is -2.37. The molecule has 2 fully saturated rings. The maximum atomic E-state index is 14.8. The molecule has 0 atom stereocenters. The zero-order chi connectivity index (χ0) is 25.3. The zero-order valence-electron chi connectivity index (χ0n) is 20.4. The van der Waals surface area contributed by atoms with E-state index in [1.807, 2.05) is 22.7 Å². The summed E-state index contributed by atoms with van der Waals surface area (Å²) < 4.78 is 22.3. The van der Waals surface area contributed by atoms with Crippen LogP contribution in [0.25, 0.3) is 11.3 Å². The molecule has 5 rings (SSSR count). The van der Waals surface area contributed by atoms with Gasteiger partial charge < -0.3 is 15.0 Å². The number of piperidine rings is 1. The number of halogens is 1. The van der Waals surface area contributed by atoms with Crippen LogP contribution in [0.4, 0.5) is 16.0 Å². The van der Waals surface area contributed by atoms with Gasteiger partial charge in [-0.25, -0.2) is 14.4 Å². The van der Waals surface area contributed by atoms with E-state index in [4.69, 9.17) is 4.74 Å². The van der Waals surface area contributed by atoms with Crippen molar-refractivity contribution in [1.82, 2.24) is 24.6 Å². The lowest BCUT2D eigenvalue weighted by atomic mass is 10.1. The van der Waals surface area contributed by atoms with E-state index in [-0.39, 0.29) is 24.3 Å². The molecule has 0 spiro atoms. The Morgan fingerprint density at radius 1 is 1.31 bits per heavy atom. The molecule has 1 saturated heterocycles. The van der Waals surface area contributed by atoms with Gasteiger partial charge in [0.25, 0.3) is 0 Å². The van der Waals surface area contributed by atoms with Gasteiger partial charge in [-0.15, -0.1) is 0 Å². The van der Waals surface area contributed by atoms with E-state index in [1.165, 1.54) is 6.07 Å². The van der Waals surface area contributed by atoms with Crippen molar-refractivity contribution in [3.63, 3.8) is 0 Å². The molecule has 186 valence electrons. The monoisotopic (exact) mass is 489 g/mol. The summed E-state index contributed by atoms with van der Waals surface area (Å²) in [7, 11) is 0. The van der Waals surface area contributed by atoms with E-state index in [2.05, 4.69) is 26.5 Å². The van der Waals surface area contributed by atoms with Crippen LogP contribution in [0.2, 0.25) is 0 Å². The third kappa shape index (κ3) is 5.00. The van der Waals surface area contributed by atoms with Gasteiger partial charge in [-0.3, -0.25) is 9.48 Å². The normalized spacial score (nSPS) is 16.9. The number of rotatable bonds is 7. The third-order valence-corrected chi connectivity index (χ3v) is 6.91. The Morgan fingerprint density at radius 3 is 2.75 bits per heavy atom. The molecule has 1 aliphatic carbocycles. The number of likely N-dealkylation sites (tertiary alicyclic amines) is 1. The molecule has 0 radical (unpaired) electrons. The van der Waals surface area contributed by atoms with Crippen LogP contribution in [0.3, 0.4) is 0 Å². The van der Waals surface area contributed by atoms with Crippen LogP contribution in [0.15, 0.2) is 36.8 Å². The molecule has 3 aromatic rings. The molecule has 36 heavy (non-hydrogen) atoms. The number of hydrogen-bond acceptors (Lipinski definition) is 7. The molecular weight excluding hydrogens is 461 g/mol.